The Morgan fingerprint density at radius 1 is 0.774 bits per heavy atom. The molecule has 0 aromatic heterocycles. The van der Waals surface area contributed by atoms with E-state index in [9.17, 15) is 14.7 Å². The summed E-state index contributed by atoms with van der Waals surface area (Å²) in [5.41, 5.74) is 3.54. The topological polar surface area (TPSA) is 88.5 Å². The molecule has 1 aliphatic heterocycles. The number of hydrogen-bond donors (Lipinski definition) is 1. The van der Waals surface area contributed by atoms with Gasteiger partial charge in [0.25, 0.3) is 5.91 Å². The average molecular weight is 727 g/mol. The van der Waals surface area contributed by atoms with E-state index in [1.165, 1.54) is 51.4 Å². The number of carbonyl (C=O) groups is 2. The molecule has 1 saturated heterocycles. The third-order valence-electron chi connectivity index (χ3n) is 11.1. The summed E-state index contributed by atoms with van der Waals surface area (Å²) in [6.07, 6.45) is 16.7. The molecule has 8 heteroatoms. The summed E-state index contributed by atoms with van der Waals surface area (Å²) < 4.78 is 17.4. The molecule has 1 heterocycles. The van der Waals surface area contributed by atoms with Gasteiger partial charge >= 0.3 is 5.97 Å². The number of ether oxygens (including phenoxy) is 3. The number of piperidine rings is 1. The van der Waals surface area contributed by atoms with E-state index in [1.54, 1.807) is 14.2 Å². The van der Waals surface area contributed by atoms with Crippen molar-refractivity contribution in [2.24, 2.45) is 11.8 Å². The first-order chi connectivity index (χ1) is 25.9. The van der Waals surface area contributed by atoms with Gasteiger partial charge in [-0.1, -0.05) is 76.8 Å². The van der Waals surface area contributed by atoms with E-state index in [-0.39, 0.29) is 18.2 Å². The van der Waals surface area contributed by atoms with Crippen LogP contribution in [0.3, 0.4) is 0 Å². The van der Waals surface area contributed by atoms with Crippen LogP contribution in [0, 0.1) is 11.8 Å². The van der Waals surface area contributed by atoms with Gasteiger partial charge in [0.1, 0.15) is 17.2 Å². The van der Waals surface area contributed by atoms with Crippen LogP contribution in [-0.2, 0) is 4.79 Å². The van der Waals surface area contributed by atoms with Crippen molar-refractivity contribution in [2.75, 3.05) is 50.3 Å². The largest absolute Gasteiger partial charge is 0.497 e. The summed E-state index contributed by atoms with van der Waals surface area (Å²) in [6.45, 7) is 5.15. The fourth-order valence-electron chi connectivity index (χ4n) is 7.73. The first-order valence-corrected chi connectivity index (χ1v) is 20.2. The van der Waals surface area contributed by atoms with E-state index in [0.717, 1.165) is 85.8 Å². The van der Waals surface area contributed by atoms with E-state index < -0.39 is 5.97 Å². The van der Waals surface area contributed by atoms with Crippen molar-refractivity contribution in [3.63, 3.8) is 0 Å². The minimum absolute atomic E-state index is 0.00137. The molecule has 2 aliphatic rings. The Hall–Kier alpha value is -4.20. The number of aliphatic carboxylic acids is 1. The third-order valence-corrected chi connectivity index (χ3v) is 11.1. The molecular weight excluding hydrogens is 665 g/mol. The van der Waals surface area contributed by atoms with Crippen LogP contribution in [0.15, 0.2) is 66.7 Å². The second kappa shape index (κ2) is 20.9. The molecule has 3 aromatic carbocycles. The van der Waals surface area contributed by atoms with Crippen LogP contribution in [-0.4, -0.2) is 57.4 Å². The number of benzene rings is 3. The summed E-state index contributed by atoms with van der Waals surface area (Å²) in [7, 11) is 3.33. The second-order valence-electron chi connectivity index (χ2n) is 15.1. The third kappa shape index (κ3) is 12.2. The highest BCUT2D eigenvalue weighted by molar-refractivity contribution is 6.10. The Bertz CT molecular complexity index is 1560. The number of rotatable bonds is 23. The highest BCUT2D eigenvalue weighted by Crippen LogP contribution is 2.45. The number of carboxylic acid groups (broad SMARTS) is 1. The maximum absolute atomic E-state index is 14.5. The maximum Gasteiger partial charge on any atom is 0.303 e. The average Bonchev–Trinajstić information content (AvgIpc) is 4.04. The monoisotopic (exact) mass is 726 g/mol. The zero-order valence-corrected chi connectivity index (χ0v) is 32.4. The van der Waals surface area contributed by atoms with Crippen molar-refractivity contribution < 1.29 is 28.9 Å². The zero-order valence-electron chi connectivity index (χ0n) is 32.4. The standard InChI is InChI=1S/C45H62N2O6/c1-4-5-6-7-8-9-10-11-12-13-27-47(37-19-21-38(51-2)22-20-37)45(50)41-24-23-39(52-3)31-43(41)46-28-25-34(26-29-46)33-53-40-16-14-15-36(30-40)42(32-44(48)49)35-17-18-35/h14-16,19-24,30-31,34-35,42H,4-13,17-18,25-29,32-33H2,1-3H3,(H,48,49). The van der Waals surface area contributed by atoms with Crippen LogP contribution in [0.25, 0.3) is 0 Å². The van der Waals surface area contributed by atoms with Crippen LogP contribution in [0.5, 0.6) is 17.2 Å². The molecule has 288 valence electrons. The fraction of sp³-hybridized carbons (Fsp3) is 0.556. The van der Waals surface area contributed by atoms with E-state index in [1.807, 2.05) is 71.6 Å². The molecule has 0 spiro atoms. The summed E-state index contributed by atoms with van der Waals surface area (Å²) >= 11 is 0. The van der Waals surface area contributed by atoms with Gasteiger partial charge in [0.05, 0.1) is 38.5 Å². The molecule has 1 atom stereocenters. The van der Waals surface area contributed by atoms with Gasteiger partial charge in [-0.2, -0.15) is 0 Å². The summed E-state index contributed by atoms with van der Waals surface area (Å²) in [5, 5.41) is 9.47. The molecule has 0 radical (unpaired) electrons. The SMILES string of the molecule is CCCCCCCCCCCCN(C(=O)c1ccc(OC)cc1N1CCC(COc2cccc(C(CC(=O)O)C3CC3)c2)CC1)c1ccc(OC)cc1. The summed E-state index contributed by atoms with van der Waals surface area (Å²) in [6, 6.07) is 21.7. The molecule has 8 nitrogen and oxygen atoms in total. The first kappa shape index (κ1) is 40.0. The Kier molecular flexibility index (Phi) is 15.8. The number of unbranched alkanes of at least 4 members (excludes halogenated alkanes) is 9. The lowest BCUT2D eigenvalue weighted by Gasteiger charge is -2.35. The minimum atomic E-state index is -0.747. The number of carbonyl (C=O) groups excluding carboxylic acids is 1. The molecule has 2 fully saturated rings. The highest BCUT2D eigenvalue weighted by atomic mass is 16.5. The molecule has 53 heavy (non-hydrogen) atoms. The Labute approximate surface area is 317 Å². The van der Waals surface area contributed by atoms with E-state index in [4.69, 9.17) is 14.2 Å². The van der Waals surface area contributed by atoms with E-state index in [2.05, 4.69) is 11.8 Å². The van der Waals surface area contributed by atoms with Crippen molar-refractivity contribution in [3.8, 4) is 17.2 Å². The van der Waals surface area contributed by atoms with Gasteiger partial charge < -0.3 is 29.1 Å². The van der Waals surface area contributed by atoms with Gasteiger partial charge in [0, 0.05) is 31.4 Å². The lowest BCUT2D eigenvalue weighted by Crippen LogP contribution is -2.38. The fourth-order valence-corrected chi connectivity index (χ4v) is 7.73. The predicted molar refractivity (Wildman–Crippen MR) is 214 cm³/mol. The van der Waals surface area contributed by atoms with E-state index >= 15 is 0 Å². The Morgan fingerprint density at radius 3 is 2.04 bits per heavy atom. The number of methoxy groups -OCH3 is 2. The van der Waals surface area contributed by atoms with Crippen molar-refractivity contribution >= 4 is 23.3 Å². The van der Waals surface area contributed by atoms with Crippen LogP contribution in [0.4, 0.5) is 11.4 Å². The number of anilines is 2. The Balaban J connectivity index is 1.21. The zero-order chi connectivity index (χ0) is 37.4. The molecular formula is C45H62N2O6. The van der Waals surface area contributed by atoms with Gasteiger partial charge in [0.15, 0.2) is 0 Å². The number of amides is 1. The molecule has 0 bridgehead atoms. The van der Waals surface area contributed by atoms with Crippen LogP contribution in [0.2, 0.25) is 0 Å². The molecule has 1 amide bonds. The smallest absolute Gasteiger partial charge is 0.303 e. The van der Waals surface area contributed by atoms with Crippen molar-refractivity contribution in [2.45, 2.75) is 109 Å². The van der Waals surface area contributed by atoms with Gasteiger partial charge in [-0.25, -0.2) is 0 Å². The summed E-state index contributed by atoms with van der Waals surface area (Å²) in [5.74, 6) is 2.46. The maximum atomic E-state index is 14.5. The molecule has 1 aliphatic carbocycles. The molecule has 1 unspecified atom stereocenters. The quantitative estimate of drug-likeness (QED) is 0.0973. The Morgan fingerprint density at radius 2 is 1.42 bits per heavy atom. The molecule has 5 rings (SSSR count). The summed E-state index contributed by atoms with van der Waals surface area (Å²) in [4.78, 5) is 30.3. The minimum Gasteiger partial charge on any atom is -0.497 e. The normalized spacial score (nSPS) is 15.2. The highest BCUT2D eigenvalue weighted by Gasteiger charge is 2.34. The second-order valence-corrected chi connectivity index (χ2v) is 15.1. The molecule has 1 saturated carbocycles. The van der Waals surface area contributed by atoms with Crippen LogP contribution in [0.1, 0.15) is 125 Å². The van der Waals surface area contributed by atoms with Gasteiger partial charge in [-0.05, 0) is 104 Å². The predicted octanol–water partition coefficient (Wildman–Crippen LogP) is 10.5. The van der Waals surface area contributed by atoms with Gasteiger partial charge in [0.2, 0.25) is 0 Å². The van der Waals surface area contributed by atoms with E-state index in [0.29, 0.717) is 30.6 Å². The van der Waals surface area contributed by atoms with Gasteiger partial charge in [-0.3, -0.25) is 9.59 Å². The van der Waals surface area contributed by atoms with Crippen molar-refractivity contribution in [3.05, 3.63) is 77.9 Å². The van der Waals surface area contributed by atoms with Gasteiger partial charge in [-0.15, -0.1) is 0 Å². The number of nitrogens with zero attached hydrogens (tertiary/aromatic N) is 2. The number of carboxylic acids is 1. The van der Waals surface area contributed by atoms with Crippen molar-refractivity contribution in [1.82, 2.24) is 0 Å². The molecule has 1 N–H and O–H groups in total. The lowest BCUT2D eigenvalue weighted by molar-refractivity contribution is -0.137. The number of hydrogen-bond acceptors (Lipinski definition) is 6. The van der Waals surface area contributed by atoms with Crippen LogP contribution < -0.4 is 24.0 Å². The van der Waals surface area contributed by atoms with Crippen LogP contribution >= 0.6 is 0 Å². The van der Waals surface area contributed by atoms with Crippen molar-refractivity contribution in [1.29, 1.82) is 0 Å². The lowest BCUT2D eigenvalue weighted by atomic mass is 9.91. The first-order valence-electron chi connectivity index (χ1n) is 20.2. The molecule has 3 aromatic rings.